The lowest BCUT2D eigenvalue weighted by Crippen LogP contribution is -2.56. The van der Waals surface area contributed by atoms with Crippen molar-refractivity contribution in [2.24, 2.45) is 46.0 Å². The van der Waals surface area contributed by atoms with Crippen molar-refractivity contribution in [1.29, 1.82) is 5.41 Å². The highest BCUT2D eigenvalue weighted by Crippen LogP contribution is 2.62. The number of carbonyl (C=O) groups excluding carboxylic acids is 1. The number of amides is 1. The number of nitrogens with one attached hydrogen (secondary N) is 2. The third-order valence-electron chi connectivity index (χ3n) is 16.0. The Morgan fingerprint density at radius 2 is 1.35 bits per heavy atom. The first kappa shape index (κ1) is 36.6. The van der Waals surface area contributed by atoms with E-state index < -0.39 is 0 Å². The molecular formula is C42H73N5OS. The van der Waals surface area contributed by atoms with Crippen LogP contribution < -0.4 is 16.8 Å². The van der Waals surface area contributed by atoms with E-state index in [0.717, 1.165) is 69.1 Å². The molecule has 2 aliphatic heterocycles. The van der Waals surface area contributed by atoms with Crippen molar-refractivity contribution in [2.75, 3.05) is 12.3 Å². The topological polar surface area (TPSA) is 108 Å². The number of hydrogen-bond acceptors (Lipinski definition) is 5. The Hall–Kier alpha value is -0.790. The number of nitrogens with two attached hydrogens (primary N) is 2. The Labute approximate surface area is 304 Å². The van der Waals surface area contributed by atoms with Crippen LogP contribution in [0.1, 0.15) is 173 Å². The summed E-state index contributed by atoms with van der Waals surface area (Å²) in [6.07, 6.45) is 34.9. The molecule has 7 fully saturated rings. The molecule has 1 amide bonds. The number of nitrogens with zero attached hydrogens (tertiary/aromatic N) is 1. The van der Waals surface area contributed by atoms with Crippen LogP contribution >= 0.6 is 11.8 Å². The molecule has 0 aromatic carbocycles. The largest absolute Gasteiger partial charge is 0.387 e. The molecule has 278 valence electrons. The zero-order valence-electron chi connectivity index (χ0n) is 31.1. The molecule has 7 aliphatic rings. The molecule has 5 saturated carbocycles. The fourth-order valence-electron chi connectivity index (χ4n) is 13.4. The third kappa shape index (κ3) is 7.80. The van der Waals surface area contributed by atoms with Crippen molar-refractivity contribution in [1.82, 2.24) is 10.2 Å². The molecule has 6 nitrogen and oxygen atoms in total. The van der Waals surface area contributed by atoms with Crippen LogP contribution in [0.3, 0.4) is 0 Å². The van der Waals surface area contributed by atoms with Crippen LogP contribution in [0.4, 0.5) is 0 Å². The summed E-state index contributed by atoms with van der Waals surface area (Å²) in [5, 5.41) is 13.0. The zero-order chi connectivity index (χ0) is 33.8. The van der Waals surface area contributed by atoms with E-state index in [1.54, 1.807) is 0 Å². The Morgan fingerprint density at radius 1 is 0.735 bits per heavy atom. The minimum absolute atomic E-state index is 0.0388. The van der Waals surface area contributed by atoms with Gasteiger partial charge in [0.15, 0.2) is 0 Å². The van der Waals surface area contributed by atoms with Crippen LogP contribution in [0.15, 0.2) is 0 Å². The van der Waals surface area contributed by atoms with Crippen LogP contribution in [-0.4, -0.2) is 58.4 Å². The number of rotatable bonds is 7. The van der Waals surface area contributed by atoms with Crippen molar-refractivity contribution in [3.63, 3.8) is 0 Å². The van der Waals surface area contributed by atoms with E-state index in [0.29, 0.717) is 41.1 Å². The molecule has 2 saturated heterocycles. The first-order chi connectivity index (χ1) is 23.9. The van der Waals surface area contributed by atoms with E-state index in [1.807, 2.05) is 0 Å². The van der Waals surface area contributed by atoms with Crippen molar-refractivity contribution in [3.8, 4) is 0 Å². The first-order valence-electron chi connectivity index (χ1n) is 21.7. The minimum Gasteiger partial charge on any atom is -0.387 e. The Bertz CT molecular complexity index is 1090. The molecule has 6 N–H and O–H groups in total. The SMILES string of the molecule is N=C(N)C1CCC2(C3CCCCCCCC3)CC(C(=O)NC3CCC(N)CC3)N(CC3CCCC4(C5CCCCCCC5)CCSC34)C2C1. The van der Waals surface area contributed by atoms with Gasteiger partial charge in [-0.05, 0) is 131 Å². The molecule has 0 radical (unpaired) electrons. The van der Waals surface area contributed by atoms with Crippen LogP contribution in [0.25, 0.3) is 0 Å². The second-order valence-corrected chi connectivity index (χ2v) is 19.8. The Morgan fingerprint density at radius 3 is 1.98 bits per heavy atom. The Balaban J connectivity index is 1.20. The summed E-state index contributed by atoms with van der Waals surface area (Å²) >= 11 is 2.34. The average Bonchev–Trinajstić information content (AvgIpc) is 3.70. The van der Waals surface area contributed by atoms with Gasteiger partial charge in [-0.3, -0.25) is 15.1 Å². The summed E-state index contributed by atoms with van der Waals surface area (Å²) in [7, 11) is 0. The van der Waals surface area contributed by atoms with Crippen molar-refractivity contribution >= 4 is 23.5 Å². The third-order valence-corrected chi connectivity index (χ3v) is 17.6. The summed E-state index contributed by atoms with van der Waals surface area (Å²) < 4.78 is 0. The van der Waals surface area contributed by atoms with Gasteiger partial charge in [0.05, 0.1) is 11.9 Å². The van der Waals surface area contributed by atoms with E-state index in [2.05, 4.69) is 22.0 Å². The Kier molecular flexibility index (Phi) is 12.3. The van der Waals surface area contributed by atoms with Crippen molar-refractivity contribution in [3.05, 3.63) is 0 Å². The lowest BCUT2D eigenvalue weighted by molar-refractivity contribution is -0.127. The standard InChI is InChI=1S/C42H73N5OS/c43-34-18-20-35(21-19-34)46-40(48)36-28-42(33-16-10-4-1-2-5-11-17-33)24-22-30(39(44)45)27-37(42)47(36)29-31-13-12-23-41(25-26-49-38(31)41)32-14-8-6-3-7-9-15-32/h30-38H,1-29,43H2,(H3,44,45)(H,46,48). The van der Waals surface area contributed by atoms with Gasteiger partial charge in [0.2, 0.25) is 5.91 Å². The van der Waals surface area contributed by atoms with E-state index in [4.69, 9.17) is 16.9 Å². The van der Waals surface area contributed by atoms with Crippen molar-refractivity contribution in [2.45, 2.75) is 203 Å². The fourth-order valence-corrected chi connectivity index (χ4v) is 15.4. The van der Waals surface area contributed by atoms with Gasteiger partial charge in [-0.25, -0.2) is 0 Å². The molecule has 0 spiro atoms. The van der Waals surface area contributed by atoms with E-state index in [1.165, 1.54) is 128 Å². The molecule has 0 aromatic heterocycles. The number of amidine groups is 1. The second kappa shape index (κ2) is 16.5. The summed E-state index contributed by atoms with van der Waals surface area (Å²) in [5.74, 6) is 4.48. The maximum Gasteiger partial charge on any atom is 0.237 e. The molecule has 7 atom stereocenters. The number of thioether (sulfide) groups is 1. The van der Waals surface area contributed by atoms with Crippen LogP contribution in [0, 0.1) is 39.9 Å². The number of carbonyl (C=O) groups is 1. The monoisotopic (exact) mass is 696 g/mol. The molecule has 0 aromatic rings. The first-order valence-corrected chi connectivity index (χ1v) is 22.7. The van der Waals surface area contributed by atoms with Gasteiger partial charge in [0.1, 0.15) is 0 Å². The summed E-state index contributed by atoms with van der Waals surface area (Å²) in [6.45, 7) is 1.09. The molecule has 5 aliphatic carbocycles. The van der Waals surface area contributed by atoms with Gasteiger partial charge in [0.25, 0.3) is 0 Å². The van der Waals surface area contributed by atoms with Gasteiger partial charge in [-0.1, -0.05) is 77.0 Å². The maximum atomic E-state index is 14.8. The molecule has 49 heavy (non-hydrogen) atoms. The zero-order valence-corrected chi connectivity index (χ0v) is 31.9. The van der Waals surface area contributed by atoms with E-state index in [9.17, 15) is 4.79 Å². The summed E-state index contributed by atoms with van der Waals surface area (Å²) in [4.78, 5) is 17.6. The van der Waals surface area contributed by atoms with Crippen LogP contribution in [-0.2, 0) is 4.79 Å². The van der Waals surface area contributed by atoms with Crippen molar-refractivity contribution < 1.29 is 4.79 Å². The quantitative estimate of drug-likeness (QED) is 0.157. The molecule has 7 heteroatoms. The van der Waals surface area contributed by atoms with E-state index >= 15 is 0 Å². The second-order valence-electron chi connectivity index (χ2n) is 18.6. The van der Waals surface area contributed by atoms with E-state index in [-0.39, 0.29) is 23.4 Å². The minimum atomic E-state index is -0.0388. The van der Waals surface area contributed by atoms with Gasteiger partial charge in [-0.15, -0.1) is 0 Å². The van der Waals surface area contributed by atoms with Gasteiger partial charge < -0.3 is 16.8 Å². The highest BCUT2D eigenvalue weighted by Gasteiger charge is 2.61. The summed E-state index contributed by atoms with van der Waals surface area (Å²) in [6, 6.07) is 0.903. The maximum absolute atomic E-state index is 14.8. The van der Waals surface area contributed by atoms with Crippen LogP contribution in [0.2, 0.25) is 0 Å². The fraction of sp³-hybridized carbons (Fsp3) is 0.952. The lowest BCUT2D eigenvalue weighted by atomic mass is 9.57. The molecule has 7 unspecified atom stereocenters. The molecule has 2 heterocycles. The normalized spacial score (nSPS) is 42.1. The lowest BCUT2D eigenvalue weighted by Gasteiger charge is -2.52. The predicted octanol–water partition coefficient (Wildman–Crippen LogP) is 8.94. The number of likely N-dealkylation sites (tertiary alicyclic amines) is 1. The average molecular weight is 696 g/mol. The van der Waals surface area contributed by atoms with Gasteiger partial charge in [0, 0.05) is 35.8 Å². The van der Waals surface area contributed by atoms with Gasteiger partial charge in [-0.2, -0.15) is 11.8 Å². The highest BCUT2D eigenvalue weighted by molar-refractivity contribution is 8.00. The number of fused-ring (bicyclic) bond motifs is 2. The molecule has 7 rings (SSSR count). The smallest absolute Gasteiger partial charge is 0.237 e. The molecular weight excluding hydrogens is 623 g/mol. The van der Waals surface area contributed by atoms with Crippen LogP contribution in [0.5, 0.6) is 0 Å². The predicted molar refractivity (Wildman–Crippen MR) is 206 cm³/mol. The number of hydrogen-bond donors (Lipinski definition) is 4. The summed E-state index contributed by atoms with van der Waals surface area (Å²) in [5.41, 5.74) is 13.4. The highest BCUT2D eigenvalue weighted by atomic mass is 32.2. The van der Waals surface area contributed by atoms with Gasteiger partial charge >= 0.3 is 0 Å². The molecule has 0 bridgehead atoms.